The van der Waals surface area contributed by atoms with Crippen LogP contribution in [0.3, 0.4) is 0 Å². The Bertz CT molecular complexity index is 534. The number of H-pyrrole nitrogens is 1. The van der Waals surface area contributed by atoms with E-state index in [4.69, 9.17) is 9.47 Å². The highest BCUT2D eigenvalue weighted by Gasteiger charge is 2.17. The van der Waals surface area contributed by atoms with Crippen molar-refractivity contribution >= 4 is 11.9 Å². The molecule has 0 radical (unpaired) electrons. The maximum atomic E-state index is 11.6. The summed E-state index contributed by atoms with van der Waals surface area (Å²) in [4.78, 5) is 36.8. The summed E-state index contributed by atoms with van der Waals surface area (Å²) in [5.41, 5.74) is -0.670. The van der Waals surface area contributed by atoms with E-state index < -0.39 is 24.0 Å². The van der Waals surface area contributed by atoms with Gasteiger partial charge in [0.25, 0.3) is 11.5 Å². The van der Waals surface area contributed by atoms with Crippen molar-refractivity contribution in [1.29, 1.82) is 0 Å². The first-order chi connectivity index (χ1) is 9.66. The molecule has 0 bridgehead atoms. The molecular formula is C13H16N2O5. The van der Waals surface area contributed by atoms with Crippen LogP contribution >= 0.6 is 0 Å². The van der Waals surface area contributed by atoms with Crippen molar-refractivity contribution in [2.24, 2.45) is 0 Å². The third kappa shape index (κ3) is 3.92. The Kier molecular flexibility index (Phi) is 4.89. The van der Waals surface area contributed by atoms with Gasteiger partial charge in [0.15, 0.2) is 6.61 Å². The van der Waals surface area contributed by atoms with E-state index >= 15 is 0 Å². The van der Waals surface area contributed by atoms with Crippen molar-refractivity contribution in [3.63, 3.8) is 0 Å². The predicted molar refractivity (Wildman–Crippen MR) is 69.3 cm³/mol. The number of rotatable bonds is 5. The zero-order valence-electron chi connectivity index (χ0n) is 10.9. The largest absolute Gasteiger partial charge is 0.452 e. The molecule has 0 saturated carbocycles. The smallest absolute Gasteiger partial charge is 0.344 e. The molecule has 0 aliphatic carbocycles. The van der Waals surface area contributed by atoms with Gasteiger partial charge in [-0.2, -0.15) is 0 Å². The standard InChI is InChI=1S/C13H16N2O5/c16-11(15-7-9-3-2-6-19-9)8-20-13(18)10-4-1-5-14-12(10)17/h1,4-5,9H,2-3,6-8H2,(H,14,17)(H,15,16)/t9-/m0/s1. The van der Waals surface area contributed by atoms with Gasteiger partial charge in [0, 0.05) is 19.3 Å². The SMILES string of the molecule is O=C(COC(=O)c1ccc[nH]c1=O)NC[C@@H]1CCCO1. The highest BCUT2D eigenvalue weighted by molar-refractivity contribution is 5.90. The summed E-state index contributed by atoms with van der Waals surface area (Å²) in [5, 5.41) is 2.62. The van der Waals surface area contributed by atoms with Gasteiger partial charge in [0.2, 0.25) is 0 Å². The first kappa shape index (κ1) is 14.3. The summed E-state index contributed by atoms with van der Waals surface area (Å²) in [6, 6.07) is 2.85. The molecule has 1 fully saturated rings. The van der Waals surface area contributed by atoms with E-state index in [1.54, 1.807) is 0 Å². The first-order valence-corrected chi connectivity index (χ1v) is 6.40. The Morgan fingerprint density at radius 1 is 1.50 bits per heavy atom. The van der Waals surface area contributed by atoms with E-state index in [1.165, 1.54) is 18.3 Å². The minimum absolute atomic E-state index is 0.0339. The fourth-order valence-electron chi connectivity index (χ4n) is 1.88. The highest BCUT2D eigenvalue weighted by atomic mass is 16.5. The number of aromatic nitrogens is 1. The molecule has 20 heavy (non-hydrogen) atoms. The Labute approximate surface area is 115 Å². The Morgan fingerprint density at radius 3 is 3.05 bits per heavy atom. The van der Waals surface area contributed by atoms with Crippen molar-refractivity contribution in [3.05, 3.63) is 34.2 Å². The minimum Gasteiger partial charge on any atom is -0.452 e. The second-order valence-electron chi connectivity index (χ2n) is 4.43. The van der Waals surface area contributed by atoms with Gasteiger partial charge < -0.3 is 19.8 Å². The van der Waals surface area contributed by atoms with Crippen molar-refractivity contribution in [2.75, 3.05) is 19.8 Å². The van der Waals surface area contributed by atoms with E-state index in [-0.39, 0.29) is 11.7 Å². The lowest BCUT2D eigenvalue weighted by atomic mass is 10.2. The van der Waals surface area contributed by atoms with Gasteiger partial charge in [-0.05, 0) is 25.0 Å². The van der Waals surface area contributed by atoms with Crippen molar-refractivity contribution in [1.82, 2.24) is 10.3 Å². The summed E-state index contributed by atoms with van der Waals surface area (Å²) >= 11 is 0. The van der Waals surface area contributed by atoms with Gasteiger partial charge in [-0.25, -0.2) is 4.79 Å². The topological polar surface area (TPSA) is 97.5 Å². The maximum Gasteiger partial charge on any atom is 0.344 e. The number of nitrogens with one attached hydrogen (secondary N) is 2. The Hall–Kier alpha value is -2.15. The lowest BCUT2D eigenvalue weighted by Crippen LogP contribution is -2.35. The fourth-order valence-corrected chi connectivity index (χ4v) is 1.88. The van der Waals surface area contributed by atoms with Crippen LogP contribution < -0.4 is 10.9 Å². The Balaban J connectivity index is 1.74. The van der Waals surface area contributed by atoms with Gasteiger partial charge >= 0.3 is 5.97 Å². The van der Waals surface area contributed by atoms with Gasteiger partial charge in [-0.1, -0.05) is 0 Å². The van der Waals surface area contributed by atoms with E-state index in [1.807, 2.05) is 0 Å². The number of hydrogen-bond donors (Lipinski definition) is 2. The molecule has 1 aromatic heterocycles. The number of carbonyl (C=O) groups is 2. The van der Waals surface area contributed by atoms with E-state index in [9.17, 15) is 14.4 Å². The lowest BCUT2D eigenvalue weighted by molar-refractivity contribution is -0.124. The average Bonchev–Trinajstić information content (AvgIpc) is 2.96. The van der Waals surface area contributed by atoms with Crippen LogP contribution in [-0.4, -0.2) is 42.7 Å². The minimum atomic E-state index is -0.820. The van der Waals surface area contributed by atoms with Crippen LogP contribution in [0, 0.1) is 0 Å². The number of carbonyl (C=O) groups excluding carboxylic acids is 2. The normalized spacial score (nSPS) is 17.7. The molecule has 2 heterocycles. The van der Waals surface area contributed by atoms with E-state index in [2.05, 4.69) is 10.3 Å². The molecule has 1 aromatic rings. The molecule has 2 rings (SSSR count). The molecule has 1 aliphatic heterocycles. The third-order valence-corrected chi connectivity index (χ3v) is 2.92. The average molecular weight is 280 g/mol. The van der Waals surface area contributed by atoms with Gasteiger partial charge in [-0.3, -0.25) is 9.59 Å². The second-order valence-corrected chi connectivity index (χ2v) is 4.43. The van der Waals surface area contributed by atoms with Crippen LogP contribution in [0.4, 0.5) is 0 Å². The van der Waals surface area contributed by atoms with Crippen LogP contribution in [0.5, 0.6) is 0 Å². The maximum absolute atomic E-state index is 11.6. The van der Waals surface area contributed by atoms with Gasteiger partial charge in [-0.15, -0.1) is 0 Å². The molecule has 1 aliphatic rings. The number of ether oxygens (including phenoxy) is 2. The summed E-state index contributed by atoms with van der Waals surface area (Å²) in [7, 11) is 0. The number of esters is 1. The van der Waals surface area contributed by atoms with E-state index in [0.717, 1.165) is 12.8 Å². The quantitative estimate of drug-likeness (QED) is 0.730. The molecular weight excluding hydrogens is 264 g/mol. The lowest BCUT2D eigenvalue weighted by Gasteiger charge is -2.10. The monoisotopic (exact) mass is 280 g/mol. The van der Waals surface area contributed by atoms with Crippen molar-refractivity contribution in [2.45, 2.75) is 18.9 Å². The number of amides is 1. The summed E-state index contributed by atoms with van der Waals surface area (Å²) in [6.45, 7) is 0.703. The van der Waals surface area contributed by atoms with Crippen molar-refractivity contribution in [3.8, 4) is 0 Å². The molecule has 1 atom stereocenters. The van der Waals surface area contributed by atoms with E-state index in [0.29, 0.717) is 13.2 Å². The van der Waals surface area contributed by atoms with Crippen molar-refractivity contribution < 1.29 is 19.1 Å². The number of hydrogen-bond acceptors (Lipinski definition) is 5. The zero-order valence-corrected chi connectivity index (χ0v) is 10.9. The molecule has 0 unspecified atom stereocenters. The number of pyridine rings is 1. The summed E-state index contributed by atoms with van der Waals surface area (Å²) in [5.74, 6) is -1.24. The fraction of sp³-hybridized carbons (Fsp3) is 0.462. The first-order valence-electron chi connectivity index (χ1n) is 6.40. The Morgan fingerprint density at radius 2 is 2.35 bits per heavy atom. The molecule has 1 amide bonds. The van der Waals surface area contributed by atoms with Crippen LogP contribution in [0.2, 0.25) is 0 Å². The third-order valence-electron chi connectivity index (χ3n) is 2.92. The van der Waals surface area contributed by atoms with Gasteiger partial charge in [0.1, 0.15) is 5.56 Å². The molecule has 0 aromatic carbocycles. The van der Waals surface area contributed by atoms with Crippen LogP contribution in [-0.2, 0) is 14.3 Å². The van der Waals surface area contributed by atoms with Crippen LogP contribution in [0.25, 0.3) is 0 Å². The molecule has 108 valence electrons. The van der Waals surface area contributed by atoms with Crippen LogP contribution in [0.1, 0.15) is 23.2 Å². The van der Waals surface area contributed by atoms with Gasteiger partial charge in [0.05, 0.1) is 6.10 Å². The zero-order chi connectivity index (χ0) is 14.4. The molecule has 7 heteroatoms. The summed E-state index contributed by atoms with van der Waals surface area (Å²) in [6.07, 6.45) is 3.35. The summed E-state index contributed by atoms with van der Waals surface area (Å²) < 4.78 is 10.1. The molecule has 7 nitrogen and oxygen atoms in total. The molecule has 1 saturated heterocycles. The number of aromatic amines is 1. The predicted octanol–water partition coefficient (Wildman–Crippen LogP) is -0.173. The molecule has 2 N–H and O–H groups in total. The molecule has 0 spiro atoms. The second kappa shape index (κ2) is 6.85. The van der Waals surface area contributed by atoms with Crippen LogP contribution in [0.15, 0.2) is 23.1 Å². The highest BCUT2D eigenvalue weighted by Crippen LogP contribution is 2.10.